The third kappa shape index (κ3) is 5.49. The van der Waals surface area contributed by atoms with Gasteiger partial charge in [-0.3, -0.25) is 0 Å². The summed E-state index contributed by atoms with van der Waals surface area (Å²) in [4.78, 5) is 29.4. The average Bonchev–Trinajstić information content (AvgIpc) is 2.84. The van der Waals surface area contributed by atoms with Gasteiger partial charge in [0, 0.05) is 44.3 Å². The number of hydrogen-bond acceptors (Lipinski definition) is 7. The first-order valence-electron chi connectivity index (χ1n) is 11.1. The van der Waals surface area contributed by atoms with Crippen LogP contribution in [0.2, 0.25) is 0 Å². The largest absolute Gasteiger partial charge is 0.481 e. The molecule has 3 heterocycles. The summed E-state index contributed by atoms with van der Waals surface area (Å²) in [6, 6.07) is 13.4. The molecule has 0 spiro atoms. The lowest BCUT2D eigenvalue weighted by atomic mass is 10.1. The van der Waals surface area contributed by atoms with Crippen molar-refractivity contribution in [2.45, 2.75) is 26.4 Å². The molecule has 1 fully saturated rings. The van der Waals surface area contributed by atoms with Gasteiger partial charge in [-0.05, 0) is 49.2 Å². The van der Waals surface area contributed by atoms with Gasteiger partial charge in [0.1, 0.15) is 6.10 Å². The van der Waals surface area contributed by atoms with Crippen LogP contribution in [-0.2, 0) is 6.42 Å². The molecule has 1 saturated heterocycles. The Morgan fingerprint density at radius 1 is 1.12 bits per heavy atom. The normalized spacial score (nSPS) is 14.6. The molecule has 2 amide bonds. The summed E-state index contributed by atoms with van der Waals surface area (Å²) in [6.45, 7) is 6.50. The van der Waals surface area contributed by atoms with Gasteiger partial charge in [-0.1, -0.05) is 19.1 Å². The van der Waals surface area contributed by atoms with Crippen molar-refractivity contribution in [1.29, 1.82) is 0 Å². The van der Waals surface area contributed by atoms with Crippen molar-refractivity contribution in [3.63, 3.8) is 0 Å². The smallest absolute Gasteiger partial charge is 0.321 e. The van der Waals surface area contributed by atoms with E-state index in [2.05, 4.69) is 38.2 Å². The Hall–Kier alpha value is -3.88. The molecule has 0 aliphatic carbocycles. The lowest BCUT2D eigenvalue weighted by Crippen LogP contribution is -2.50. The number of benzene rings is 1. The number of anilines is 3. The van der Waals surface area contributed by atoms with Crippen LogP contribution in [0.25, 0.3) is 0 Å². The molecular weight excluding hydrogens is 418 g/mol. The Morgan fingerprint density at radius 2 is 1.94 bits per heavy atom. The number of piperazine rings is 1. The fourth-order valence-corrected chi connectivity index (χ4v) is 3.77. The number of hydrogen-bond donors (Lipinski definition) is 2. The van der Waals surface area contributed by atoms with E-state index >= 15 is 0 Å². The Labute approximate surface area is 193 Å². The van der Waals surface area contributed by atoms with E-state index in [1.165, 1.54) is 5.56 Å². The van der Waals surface area contributed by atoms with E-state index in [-0.39, 0.29) is 18.1 Å². The number of carbonyl (C=O) groups is 1. The molecule has 4 rings (SSSR count). The van der Waals surface area contributed by atoms with Gasteiger partial charge in [0.05, 0.1) is 5.69 Å². The molecule has 9 nitrogen and oxygen atoms in total. The van der Waals surface area contributed by atoms with E-state index in [1.807, 2.05) is 42.2 Å². The number of ether oxygens (including phenoxy) is 1. The molecule has 2 aromatic heterocycles. The second kappa shape index (κ2) is 10.2. The highest BCUT2D eigenvalue weighted by molar-refractivity contribution is 5.89. The summed E-state index contributed by atoms with van der Waals surface area (Å²) in [5.41, 5.74) is 8.42. The fourth-order valence-electron chi connectivity index (χ4n) is 3.77. The highest BCUT2D eigenvalue weighted by Crippen LogP contribution is 2.30. The van der Waals surface area contributed by atoms with Crippen LogP contribution in [0.15, 0.2) is 54.9 Å². The van der Waals surface area contributed by atoms with Gasteiger partial charge in [-0.15, -0.1) is 0 Å². The summed E-state index contributed by atoms with van der Waals surface area (Å²) in [6.07, 6.45) is 3.98. The summed E-state index contributed by atoms with van der Waals surface area (Å²) in [5.74, 6) is 1.63. The first kappa shape index (κ1) is 22.3. The molecule has 1 atom stereocenters. The topological polar surface area (TPSA) is 110 Å². The SMILES string of the molecule is CCc1cccc(NC(=O)N2CCN(c3ncccc3OC(C)c3ccnc(N)n3)CC2)c1. The molecule has 1 aliphatic heterocycles. The molecule has 0 bridgehead atoms. The van der Waals surface area contributed by atoms with Crippen molar-refractivity contribution in [3.8, 4) is 5.75 Å². The van der Waals surface area contributed by atoms with Crippen molar-refractivity contribution in [2.75, 3.05) is 42.1 Å². The zero-order valence-electron chi connectivity index (χ0n) is 18.9. The maximum atomic E-state index is 12.7. The average molecular weight is 448 g/mol. The zero-order valence-corrected chi connectivity index (χ0v) is 18.9. The van der Waals surface area contributed by atoms with Crippen molar-refractivity contribution < 1.29 is 9.53 Å². The van der Waals surface area contributed by atoms with E-state index in [1.54, 1.807) is 18.5 Å². The van der Waals surface area contributed by atoms with Crippen molar-refractivity contribution in [3.05, 3.63) is 66.1 Å². The standard InChI is InChI=1S/C24H29N7O2/c1-3-18-6-4-7-19(16-18)28-24(32)31-14-12-30(13-15-31)22-21(8-5-10-26-22)33-17(2)20-9-11-27-23(25)29-20/h4-11,16-17H,3,12-15H2,1-2H3,(H,28,32)(H2,25,27,29). The lowest BCUT2D eigenvalue weighted by molar-refractivity contribution is 0.206. The number of rotatable bonds is 6. The number of nitrogen functional groups attached to an aromatic ring is 1. The van der Waals surface area contributed by atoms with Crippen LogP contribution in [0.5, 0.6) is 5.75 Å². The molecule has 3 aromatic rings. The predicted octanol–water partition coefficient (Wildman–Crippen LogP) is 3.51. The number of nitrogens with two attached hydrogens (primary N) is 1. The molecule has 9 heteroatoms. The number of urea groups is 1. The monoisotopic (exact) mass is 447 g/mol. The van der Waals surface area contributed by atoms with Crippen LogP contribution in [0.3, 0.4) is 0 Å². The minimum atomic E-state index is -0.316. The van der Waals surface area contributed by atoms with Crippen LogP contribution < -0.4 is 20.7 Å². The summed E-state index contributed by atoms with van der Waals surface area (Å²) in [7, 11) is 0. The first-order valence-corrected chi connectivity index (χ1v) is 11.1. The summed E-state index contributed by atoms with van der Waals surface area (Å²) < 4.78 is 6.17. The third-order valence-corrected chi connectivity index (χ3v) is 5.62. The van der Waals surface area contributed by atoms with Crippen LogP contribution in [-0.4, -0.2) is 52.1 Å². The van der Waals surface area contributed by atoms with Gasteiger partial charge in [-0.2, -0.15) is 0 Å². The van der Waals surface area contributed by atoms with Crippen molar-refractivity contribution in [2.24, 2.45) is 0 Å². The molecule has 1 unspecified atom stereocenters. The Balaban J connectivity index is 1.38. The quantitative estimate of drug-likeness (QED) is 0.595. The summed E-state index contributed by atoms with van der Waals surface area (Å²) in [5, 5.41) is 3.01. The molecule has 0 radical (unpaired) electrons. The molecule has 33 heavy (non-hydrogen) atoms. The van der Waals surface area contributed by atoms with Crippen LogP contribution in [0, 0.1) is 0 Å². The van der Waals surface area contributed by atoms with E-state index in [4.69, 9.17) is 10.5 Å². The Kier molecular flexibility index (Phi) is 6.87. The Morgan fingerprint density at radius 3 is 2.70 bits per heavy atom. The molecule has 1 aliphatic rings. The van der Waals surface area contributed by atoms with Gasteiger partial charge >= 0.3 is 6.03 Å². The van der Waals surface area contributed by atoms with E-state index < -0.39 is 0 Å². The second-order valence-corrected chi connectivity index (χ2v) is 7.88. The minimum Gasteiger partial charge on any atom is -0.481 e. The second-order valence-electron chi connectivity index (χ2n) is 7.88. The van der Waals surface area contributed by atoms with Crippen LogP contribution in [0.1, 0.15) is 31.2 Å². The van der Waals surface area contributed by atoms with Crippen LogP contribution >= 0.6 is 0 Å². The van der Waals surface area contributed by atoms with Crippen molar-refractivity contribution >= 4 is 23.5 Å². The van der Waals surface area contributed by atoms with Gasteiger partial charge in [0.15, 0.2) is 11.6 Å². The number of nitrogens with zero attached hydrogens (tertiary/aromatic N) is 5. The molecule has 3 N–H and O–H groups in total. The number of nitrogens with one attached hydrogen (secondary N) is 1. The minimum absolute atomic E-state index is 0.0876. The number of carbonyl (C=O) groups excluding carboxylic acids is 1. The maximum Gasteiger partial charge on any atom is 0.321 e. The molecular formula is C24H29N7O2. The van der Waals surface area contributed by atoms with Gasteiger partial charge in [0.2, 0.25) is 5.95 Å². The number of pyridine rings is 1. The molecule has 1 aromatic carbocycles. The molecule has 0 saturated carbocycles. The maximum absolute atomic E-state index is 12.7. The third-order valence-electron chi connectivity index (χ3n) is 5.62. The summed E-state index contributed by atoms with van der Waals surface area (Å²) >= 11 is 0. The zero-order chi connectivity index (χ0) is 23.2. The number of aryl methyl sites for hydroxylation is 1. The highest BCUT2D eigenvalue weighted by atomic mass is 16.5. The highest BCUT2D eigenvalue weighted by Gasteiger charge is 2.24. The molecule has 172 valence electrons. The van der Waals surface area contributed by atoms with Gasteiger partial charge in [0.25, 0.3) is 0 Å². The van der Waals surface area contributed by atoms with Gasteiger partial charge < -0.3 is 25.6 Å². The van der Waals surface area contributed by atoms with Crippen molar-refractivity contribution in [1.82, 2.24) is 19.9 Å². The number of aromatic nitrogens is 3. The van der Waals surface area contributed by atoms with Gasteiger partial charge in [-0.25, -0.2) is 19.7 Å². The fraction of sp³-hybridized carbons (Fsp3) is 0.333. The first-order chi connectivity index (χ1) is 16.0. The Bertz CT molecular complexity index is 1100. The lowest BCUT2D eigenvalue weighted by Gasteiger charge is -2.36. The predicted molar refractivity (Wildman–Crippen MR) is 128 cm³/mol. The van der Waals surface area contributed by atoms with E-state index in [0.29, 0.717) is 37.6 Å². The van der Waals surface area contributed by atoms with Crippen LogP contribution in [0.4, 0.5) is 22.2 Å². The van der Waals surface area contributed by atoms with E-state index in [0.717, 1.165) is 17.9 Å². The number of amides is 2. The van der Waals surface area contributed by atoms with E-state index in [9.17, 15) is 4.79 Å².